The van der Waals surface area contributed by atoms with Crippen molar-refractivity contribution in [2.24, 2.45) is 0 Å². The molecule has 37 heavy (non-hydrogen) atoms. The third-order valence-electron chi connectivity index (χ3n) is 5.59. The van der Waals surface area contributed by atoms with Gasteiger partial charge in [-0.15, -0.1) is 0 Å². The average molecular weight is 596 g/mol. The second-order valence-electron chi connectivity index (χ2n) is 8.06. The van der Waals surface area contributed by atoms with Gasteiger partial charge in [0.05, 0.1) is 33.3 Å². The lowest BCUT2D eigenvalue weighted by Gasteiger charge is -2.45. The standard InChI is InChI=1S/C16H19F17NO3/c1-34(2-4-35,3-5-36)8(7-37)6-9(17,18)10(19,20)11(21,22)12(23,24)13(25,26)14(27,28)15(29,30)16(31,32)33/h8,35-37H,2-7H2,1H3/q+1. The molecule has 0 aromatic carbocycles. The predicted molar refractivity (Wildman–Crippen MR) is 86.3 cm³/mol. The van der Waals surface area contributed by atoms with Crippen molar-refractivity contribution in [3.05, 3.63) is 0 Å². The van der Waals surface area contributed by atoms with Gasteiger partial charge in [-0.3, -0.25) is 0 Å². The van der Waals surface area contributed by atoms with Crippen molar-refractivity contribution in [3.63, 3.8) is 0 Å². The van der Waals surface area contributed by atoms with Crippen LogP contribution in [0.2, 0.25) is 0 Å². The van der Waals surface area contributed by atoms with Crippen LogP contribution in [0.15, 0.2) is 0 Å². The maximum absolute atomic E-state index is 14.2. The Morgan fingerprint density at radius 3 is 1.08 bits per heavy atom. The number of nitrogens with zero attached hydrogens (tertiary/aromatic N) is 1. The highest BCUT2D eigenvalue weighted by atomic mass is 19.4. The molecular weight excluding hydrogens is 577 g/mol. The summed E-state index contributed by atoms with van der Waals surface area (Å²) in [5.74, 6) is -57.1. The minimum atomic E-state index is -8.71. The Morgan fingerprint density at radius 2 is 0.811 bits per heavy atom. The highest BCUT2D eigenvalue weighted by Crippen LogP contribution is 2.64. The molecule has 21 heteroatoms. The third kappa shape index (κ3) is 5.41. The summed E-state index contributed by atoms with van der Waals surface area (Å²) in [5, 5.41) is 27.1. The fourth-order valence-electron chi connectivity index (χ4n) is 3.04. The molecule has 0 rings (SSSR count). The van der Waals surface area contributed by atoms with Crippen molar-refractivity contribution < 1.29 is 94.4 Å². The number of alkyl halides is 17. The molecule has 3 N–H and O–H groups in total. The summed E-state index contributed by atoms with van der Waals surface area (Å²) >= 11 is 0. The van der Waals surface area contributed by atoms with Crippen LogP contribution in [0.3, 0.4) is 0 Å². The minimum absolute atomic E-state index is 0.738. The molecule has 0 spiro atoms. The van der Waals surface area contributed by atoms with Gasteiger partial charge >= 0.3 is 47.6 Å². The molecule has 0 radical (unpaired) electrons. The number of hydrogen-bond donors (Lipinski definition) is 3. The van der Waals surface area contributed by atoms with E-state index in [4.69, 9.17) is 10.2 Å². The van der Waals surface area contributed by atoms with E-state index in [0.717, 1.165) is 7.05 Å². The molecule has 0 aromatic heterocycles. The van der Waals surface area contributed by atoms with Gasteiger partial charge in [-0.05, 0) is 0 Å². The lowest BCUT2D eigenvalue weighted by Crippen LogP contribution is -2.74. The summed E-state index contributed by atoms with van der Waals surface area (Å²) in [7, 11) is 0.738. The van der Waals surface area contributed by atoms with Gasteiger partial charge in [-0.25, -0.2) is 0 Å². The van der Waals surface area contributed by atoms with Crippen LogP contribution in [-0.2, 0) is 0 Å². The van der Waals surface area contributed by atoms with Gasteiger partial charge in [-0.2, -0.15) is 74.6 Å². The van der Waals surface area contributed by atoms with Crippen LogP contribution in [0.1, 0.15) is 6.42 Å². The van der Waals surface area contributed by atoms with Gasteiger partial charge in [0, 0.05) is 0 Å². The molecule has 0 fully saturated rings. The first-order chi connectivity index (χ1) is 16.0. The van der Waals surface area contributed by atoms with Crippen molar-refractivity contribution >= 4 is 0 Å². The Kier molecular flexibility index (Phi) is 9.95. The molecule has 0 aliphatic rings. The molecule has 1 unspecified atom stereocenters. The fourth-order valence-corrected chi connectivity index (χ4v) is 3.04. The van der Waals surface area contributed by atoms with Gasteiger partial charge in [0.25, 0.3) is 0 Å². The van der Waals surface area contributed by atoms with E-state index in [9.17, 15) is 79.7 Å². The van der Waals surface area contributed by atoms with E-state index < -0.39 is 97.5 Å². The molecule has 0 aliphatic carbocycles. The van der Waals surface area contributed by atoms with E-state index in [0.29, 0.717) is 0 Å². The number of rotatable bonds is 14. The van der Waals surface area contributed by atoms with Crippen LogP contribution in [0.25, 0.3) is 0 Å². The largest absolute Gasteiger partial charge is 0.460 e. The van der Waals surface area contributed by atoms with E-state index >= 15 is 0 Å². The Bertz CT molecular complexity index is 762. The second kappa shape index (κ2) is 10.3. The van der Waals surface area contributed by atoms with Gasteiger partial charge in [0.15, 0.2) is 0 Å². The SMILES string of the molecule is C[N+](CCO)(CCO)C(CO)CC(F)(F)C(F)(F)C(F)(F)C(F)(F)C(F)(F)C(F)(F)C(F)(F)C(F)(F)F. The van der Waals surface area contributed by atoms with Crippen LogP contribution in [-0.4, -0.2) is 113 Å². The Morgan fingerprint density at radius 1 is 0.514 bits per heavy atom. The summed E-state index contributed by atoms with van der Waals surface area (Å²) in [6, 6.07) is -2.47. The predicted octanol–water partition coefficient (Wildman–Crippen LogP) is 4.18. The molecule has 1 atom stereocenters. The van der Waals surface area contributed by atoms with Gasteiger partial charge < -0.3 is 19.8 Å². The van der Waals surface area contributed by atoms with Gasteiger partial charge in [0.1, 0.15) is 19.1 Å². The highest BCUT2D eigenvalue weighted by molar-refractivity contribution is 5.15. The van der Waals surface area contributed by atoms with Crippen LogP contribution in [0.4, 0.5) is 74.6 Å². The number of aliphatic hydroxyl groups excluding tert-OH is 3. The van der Waals surface area contributed by atoms with Crippen molar-refractivity contribution in [1.29, 1.82) is 0 Å². The summed E-state index contributed by atoms with van der Waals surface area (Å²) in [6.45, 7) is -5.29. The summed E-state index contributed by atoms with van der Waals surface area (Å²) < 4.78 is 226. The lowest BCUT2D eigenvalue weighted by atomic mass is 9.87. The molecule has 0 bridgehead atoms. The summed E-state index contributed by atoms with van der Waals surface area (Å²) in [5.41, 5.74) is 0. The Balaban J connectivity index is 6.75. The molecule has 224 valence electrons. The molecule has 0 saturated heterocycles. The number of aliphatic hydroxyl groups is 3. The topological polar surface area (TPSA) is 60.7 Å². The Labute approximate surface area is 195 Å². The monoisotopic (exact) mass is 596 g/mol. The first-order valence-corrected chi connectivity index (χ1v) is 9.42. The third-order valence-corrected chi connectivity index (χ3v) is 5.59. The Hall–Kier alpha value is -1.35. The zero-order valence-electron chi connectivity index (χ0n) is 18.0. The summed E-state index contributed by atoms with van der Waals surface area (Å²) in [4.78, 5) is 0. The molecule has 0 aromatic rings. The fraction of sp³-hybridized carbons (Fsp3) is 1.00. The first-order valence-electron chi connectivity index (χ1n) is 9.42. The molecule has 0 heterocycles. The van der Waals surface area contributed by atoms with Crippen molar-refractivity contribution in [2.75, 3.05) is 40.0 Å². The van der Waals surface area contributed by atoms with Gasteiger partial charge in [0.2, 0.25) is 0 Å². The zero-order chi connectivity index (χ0) is 30.3. The van der Waals surface area contributed by atoms with Crippen LogP contribution < -0.4 is 0 Å². The number of halogens is 17. The maximum atomic E-state index is 14.2. The normalized spacial score (nSPS) is 16.8. The lowest BCUT2D eigenvalue weighted by molar-refractivity contribution is -0.935. The maximum Gasteiger partial charge on any atom is 0.460 e. The second-order valence-corrected chi connectivity index (χ2v) is 8.06. The zero-order valence-corrected chi connectivity index (χ0v) is 18.0. The molecular formula is C16H19F17NO3+. The molecule has 4 nitrogen and oxygen atoms in total. The average Bonchev–Trinajstić information content (AvgIpc) is 2.70. The van der Waals surface area contributed by atoms with E-state index in [2.05, 4.69) is 0 Å². The van der Waals surface area contributed by atoms with Crippen molar-refractivity contribution in [1.82, 2.24) is 0 Å². The van der Waals surface area contributed by atoms with E-state index in [-0.39, 0.29) is 0 Å². The smallest absolute Gasteiger partial charge is 0.391 e. The quantitative estimate of drug-likeness (QED) is 0.209. The van der Waals surface area contributed by atoms with Crippen molar-refractivity contribution in [3.8, 4) is 0 Å². The molecule has 0 saturated carbocycles. The molecule has 0 amide bonds. The van der Waals surface area contributed by atoms with Crippen molar-refractivity contribution in [2.45, 2.75) is 60.1 Å². The van der Waals surface area contributed by atoms with Gasteiger partial charge in [-0.1, -0.05) is 0 Å². The number of hydrogen-bond acceptors (Lipinski definition) is 3. The van der Waals surface area contributed by atoms with E-state index in [1.165, 1.54) is 0 Å². The van der Waals surface area contributed by atoms with E-state index in [1.807, 2.05) is 0 Å². The highest BCUT2D eigenvalue weighted by Gasteiger charge is 2.95. The first kappa shape index (κ1) is 35.6. The van der Waals surface area contributed by atoms with Crippen LogP contribution in [0.5, 0.6) is 0 Å². The minimum Gasteiger partial charge on any atom is -0.391 e. The van der Waals surface area contributed by atoms with Crippen LogP contribution in [0, 0.1) is 0 Å². The molecule has 0 aliphatic heterocycles. The summed E-state index contributed by atoms with van der Waals surface area (Å²) in [6.07, 6.45) is -10.7. The number of likely N-dealkylation sites (N-methyl/N-ethyl adjacent to an activating group) is 1. The van der Waals surface area contributed by atoms with E-state index in [1.54, 1.807) is 0 Å². The number of quaternary nitrogens is 1. The van der Waals surface area contributed by atoms with Crippen LogP contribution >= 0.6 is 0 Å².